The van der Waals surface area contributed by atoms with Crippen molar-refractivity contribution in [1.82, 2.24) is 15.2 Å². The number of carbonyl (C=O) groups is 1. The third-order valence-corrected chi connectivity index (χ3v) is 3.01. The summed E-state index contributed by atoms with van der Waals surface area (Å²) in [5, 5.41) is 9.14. The van der Waals surface area contributed by atoms with E-state index in [1.165, 1.54) is 18.2 Å². The third-order valence-electron chi connectivity index (χ3n) is 2.40. The number of nitrogens with zero attached hydrogens (tertiary/aromatic N) is 2. The maximum absolute atomic E-state index is 13.1. The van der Waals surface area contributed by atoms with Crippen molar-refractivity contribution in [3.63, 3.8) is 0 Å². The number of H-pyrrole nitrogens is 1. The average Bonchev–Trinajstić information content (AvgIpc) is 2.83. The molecule has 0 aliphatic rings. The first-order valence-corrected chi connectivity index (χ1v) is 6.57. The van der Waals surface area contributed by atoms with Crippen LogP contribution in [0.15, 0.2) is 22.7 Å². The Morgan fingerprint density at radius 1 is 1.53 bits per heavy atom. The number of anilines is 1. The zero-order valence-corrected chi connectivity index (χ0v) is 11.8. The van der Waals surface area contributed by atoms with Gasteiger partial charge in [0.2, 0.25) is 5.82 Å². The first-order valence-electron chi connectivity index (χ1n) is 5.78. The second kappa shape index (κ2) is 5.92. The van der Waals surface area contributed by atoms with Crippen molar-refractivity contribution in [2.24, 2.45) is 0 Å². The van der Waals surface area contributed by atoms with Crippen molar-refractivity contribution >= 4 is 27.5 Å². The second-order valence-electron chi connectivity index (χ2n) is 3.94. The van der Waals surface area contributed by atoms with E-state index in [2.05, 4.69) is 36.4 Å². The normalized spacial score (nSPS) is 10.5. The molecule has 1 aromatic carbocycles. The van der Waals surface area contributed by atoms with Crippen LogP contribution in [0.3, 0.4) is 0 Å². The van der Waals surface area contributed by atoms with Gasteiger partial charge in [0.25, 0.3) is 5.91 Å². The summed E-state index contributed by atoms with van der Waals surface area (Å²) in [6, 6.07) is 4.21. The zero-order chi connectivity index (χ0) is 13.8. The van der Waals surface area contributed by atoms with Gasteiger partial charge in [-0.05, 0) is 40.5 Å². The molecule has 0 radical (unpaired) electrons. The molecule has 1 amide bonds. The van der Waals surface area contributed by atoms with Crippen molar-refractivity contribution in [3.05, 3.63) is 40.1 Å². The van der Waals surface area contributed by atoms with Crippen LogP contribution < -0.4 is 5.32 Å². The quantitative estimate of drug-likeness (QED) is 0.907. The molecule has 0 saturated carbocycles. The molecule has 0 aliphatic heterocycles. The Bertz CT molecular complexity index is 599. The minimum atomic E-state index is -0.433. The summed E-state index contributed by atoms with van der Waals surface area (Å²) >= 11 is 3.05. The van der Waals surface area contributed by atoms with Gasteiger partial charge < -0.3 is 5.32 Å². The van der Waals surface area contributed by atoms with Gasteiger partial charge >= 0.3 is 0 Å². The van der Waals surface area contributed by atoms with Crippen LogP contribution in [-0.2, 0) is 6.42 Å². The standard InChI is InChI=1S/C12H12BrFN4O/c1-2-3-10-16-11(18-17-10)12(19)15-7-4-5-9(14)8(13)6-7/h4-6H,2-3H2,1H3,(H,15,19)(H,16,17,18). The first kappa shape index (κ1) is 13.7. The molecule has 0 unspecified atom stereocenters. The van der Waals surface area contributed by atoms with E-state index < -0.39 is 5.91 Å². The van der Waals surface area contributed by atoms with E-state index in [1.54, 1.807) is 0 Å². The van der Waals surface area contributed by atoms with E-state index in [-0.39, 0.29) is 16.1 Å². The number of aromatic nitrogens is 3. The summed E-state index contributed by atoms with van der Waals surface area (Å²) in [5.41, 5.74) is 0.472. The number of rotatable bonds is 4. The molecule has 100 valence electrons. The molecular formula is C12H12BrFN4O. The molecule has 1 aromatic heterocycles. The van der Waals surface area contributed by atoms with Crippen LogP contribution in [0.25, 0.3) is 0 Å². The first-order chi connectivity index (χ1) is 9.10. The van der Waals surface area contributed by atoms with Crippen molar-refractivity contribution in [1.29, 1.82) is 0 Å². The molecule has 5 nitrogen and oxygen atoms in total. The SMILES string of the molecule is CCCc1nc(C(=O)Nc2ccc(F)c(Br)c2)n[nH]1. The fourth-order valence-electron chi connectivity index (χ4n) is 1.51. The van der Waals surface area contributed by atoms with E-state index in [4.69, 9.17) is 0 Å². The van der Waals surface area contributed by atoms with Crippen molar-refractivity contribution in [2.45, 2.75) is 19.8 Å². The molecule has 2 aromatic rings. The van der Waals surface area contributed by atoms with E-state index >= 15 is 0 Å². The Hall–Kier alpha value is -1.76. The number of nitrogens with one attached hydrogen (secondary N) is 2. The van der Waals surface area contributed by atoms with Crippen LogP contribution in [0.5, 0.6) is 0 Å². The summed E-state index contributed by atoms with van der Waals surface area (Å²) in [7, 11) is 0. The lowest BCUT2D eigenvalue weighted by molar-refractivity contribution is 0.101. The number of carbonyl (C=O) groups excluding carboxylic acids is 1. The molecule has 0 fully saturated rings. The van der Waals surface area contributed by atoms with Gasteiger partial charge in [-0.1, -0.05) is 6.92 Å². The number of benzene rings is 1. The molecule has 0 aliphatic carbocycles. The highest BCUT2D eigenvalue weighted by atomic mass is 79.9. The summed E-state index contributed by atoms with van der Waals surface area (Å²) < 4.78 is 13.3. The van der Waals surface area contributed by atoms with E-state index in [0.717, 1.165) is 12.8 Å². The summed E-state index contributed by atoms with van der Waals surface area (Å²) in [6.45, 7) is 2.01. The van der Waals surface area contributed by atoms with Gasteiger partial charge in [0.1, 0.15) is 11.6 Å². The lowest BCUT2D eigenvalue weighted by atomic mass is 10.3. The Labute approximate surface area is 117 Å². The molecule has 1 heterocycles. The maximum atomic E-state index is 13.1. The second-order valence-corrected chi connectivity index (χ2v) is 4.79. The van der Waals surface area contributed by atoms with Crippen LogP contribution in [0.4, 0.5) is 10.1 Å². The van der Waals surface area contributed by atoms with E-state index in [0.29, 0.717) is 11.5 Å². The van der Waals surface area contributed by atoms with Crippen molar-refractivity contribution in [2.75, 3.05) is 5.32 Å². The van der Waals surface area contributed by atoms with E-state index in [9.17, 15) is 9.18 Å². The Kier molecular flexibility index (Phi) is 4.26. The Balaban J connectivity index is 2.09. The molecule has 2 rings (SSSR count). The fraction of sp³-hybridized carbons (Fsp3) is 0.250. The zero-order valence-electron chi connectivity index (χ0n) is 10.2. The highest BCUT2D eigenvalue weighted by Crippen LogP contribution is 2.20. The third kappa shape index (κ3) is 3.37. The predicted molar refractivity (Wildman–Crippen MR) is 72.4 cm³/mol. The van der Waals surface area contributed by atoms with Crippen LogP contribution in [0.2, 0.25) is 0 Å². The van der Waals surface area contributed by atoms with Gasteiger partial charge in [-0.25, -0.2) is 9.37 Å². The molecule has 0 bridgehead atoms. The van der Waals surface area contributed by atoms with Gasteiger partial charge in [0.05, 0.1) is 4.47 Å². The topological polar surface area (TPSA) is 70.7 Å². The smallest absolute Gasteiger partial charge is 0.295 e. The Morgan fingerprint density at radius 3 is 3.00 bits per heavy atom. The lowest BCUT2D eigenvalue weighted by Crippen LogP contribution is -2.13. The van der Waals surface area contributed by atoms with E-state index in [1.807, 2.05) is 6.92 Å². The monoisotopic (exact) mass is 326 g/mol. The predicted octanol–water partition coefficient (Wildman–Crippen LogP) is 2.91. The fourth-order valence-corrected chi connectivity index (χ4v) is 1.89. The summed E-state index contributed by atoms with van der Waals surface area (Å²) in [6.07, 6.45) is 1.66. The molecule has 0 saturated heterocycles. The summed E-state index contributed by atoms with van der Waals surface area (Å²) in [5.74, 6) is -0.0740. The molecule has 0 atom stereocenters. The Morgan fingerprint density at radius 2 is 2.32 bits per heavy atom. The molecule has 19 heavy (non-hydrogen) atoms. The minimum absolute atomic E-state index is 0.0731. The van der Waals surface area contributed by atoms with Crippen LogP contribution in [0.1, 0.15) is 29.8 Å². The van der Waals surface area contributed by atoms with Gasteiger partial charge in [0.15, 0.2) is 0 Å². The maximum Gasteiger partial charge on any atom is 0.295 e. The molecule has 0 spiro atoms. The number of amides is 1. The molecule has 7 heteroatoms. The van der Waals surface area contributed by atoms with Gasteiger partial charge in [-0.2, -0.15) is 0 Å². The highest BCUT2D eigenvalue weighted by Gasteiger charge is 2.13. The number of halogens is 2. The summed E-state index contributed by atoms with van der Waals surface area (Å²) in [4.78, 5) is 15.9. The van der Waals surface area contributed by atoms with Crippen LogP contribution >= 0.6 is 15.9 Å². The number of hydrogen-bond donors (Lipinski definition) is 2. The lowest BCUT2D eigenvalue weighted by Gasteiger charge is -2.03. The van der Waals surface area contributed by atoms with Crippen LogP contribution in [0, 0.1) is 5.82 Å². The van der Waals surface area contributed by atoms with Gasteiger partial charge in [-0.15, -0.1) is 5.10 Å². The van der Waals surface area contributed by atoms with Gasteiger partial charge in [-0.3, -0.25) is 9.89 Å². The highest BCUT2D eigenvalue weighted by molar-refractivity contribution is 9.10. The largest absolute Gasteiger partial charge is 0.319 e. The average molecular weight is 327 g/mol. The number of aromatic amines is 1. The number of hydrogen-bond acceptors (Lipinski definition) is 3. The van der Waals surface area contributed by atoms with Crippen molar-refractivity contribution < 1.29 is 9.18 Å². The van der Waals surface area contributed by atoms with Crippen molar-refractivity contribution in [3.8, 4) is 0 Å². The number of aryl methyl sites for hydroxylation is 1. The molecule has 2 N–H and O–H groups in total. The van der Waals surface area contributed by atoms with Gasteiger partial charge in [0, 0.05) is 12.1 Å². The van der Waals surface area contributed by atoms with Crippen LogP contribution in [-0.4, -0.2) is 21.1 Å². The minimum Gasteiger partial charge on any atom is -0.319 e. The molecular weight excluding hydrogens is 315 g/mol.